The van der Waals surface area contributed by atoms with Gasteiger partial charge >= 0.3 is 5.69 Å². The molecule has 6 nitrogen and oxygen atoms in total. The van der Waals surface area contributed by atoms with E-state index in [1.807, 2.05) is 30.3 Å². The predicted octanol–water partition coefficient (Wildman–Crippen LogP) is 3.38. The number of nitrogens with zero attached hydrogens (tertiary/aromatic N) is 4. The summed E-state index contributed by atoms with van der Waals surface area (Å²) in [5.74, 6) is 0.0710. The molecule has 150 valence electrons. The van der Waals surface area contributed by atoms with Gasteiger partial charge in [0, 0.05) is 26.1 Å². The SMILES string of the molecule is Cn1nc(C2CCN(C(=O)c3ccc(F)cc3Cl)CC2)n(-c2ccccc2)c1=O. The van der Waals surface area contributed by atoms with E-state index in [-0.39, 0.29) is 22.5 Å². The van der Waals surface area contributed by atoms with E-state index in [1.54, 1.807) is 16.5 Å². The lowest BCUT2D eigenvalue weighted by Crippen LogP contribution is -2.38. The van der Waals surface area contributed by atoms with Gasteiger partial charge in [-0.3, -0.25) is 4.79 Å². The normalized spacial score (nSPS) is 14.9. The molecular weight excluding hydrogens is 395 g/mol. The zero-order chi connectivity index (χ0) is 20.5. The zero-order valence-electron chi connectivity index (χ0n) is 15.9. The van der Waals surface area contributed by atoms with Gasteiger partial charge in [0.2, 0.25) is 0 Å². The van der Waals surface area contributed by atoms with E-state index in [9.17, 15) is 14.0 Å². The minimum absolute atomic E-state index is 0.0526. The second-order valence-electron chi connectivity index (χ2n) is 7.13. The fourth-order valence-corrected chi connectivity index (χ4v) is 3.99. The molecule has 0 aliphatic carbocycles. The van der Waals surface area contributed by atoms with Crippen LogP contribution in [0.4, 0.5) is 4.39 Å². The van der Waals surface area contributed by atoms with Crippen molar-refractivity contribution in [1.82, 2.24) is 19.2 Å². The summed E-state index contributed by atoms with van der Waals surface area (Å²) < 4.78 is 16.2. The Morgan fingerprint density at radius 2 is 1.83 bits per heavy atom. The zero-order valence-corrected chi connectivity index (χ0v) is 16.6. The number of aromatic nitrogens is 3. The number of carbonyl (C=O) groups is 1. The lowest BCUT2D eigenvalue weighted by atomic mass is 9.95. The van der Waals surface area contributed by atoms with Gasteiger partial charge in [-0.05, 0) is 43.2 Å². The summed E-state index contributed by atoms with van der Waals surface area (Å²) >= 11 is 6.04. The van der Waals surface area contributed by atoms with Crippen LogP contribution in [0.25, 0.3) is 5.69 Å². The van der Waals surface area contributed by atoms with Crippen LogP contribution >= 0.6 is 11.6 Å². The van der Waals surface area contributed by atoms with E-state index in [2.05, 4.69) is 5.10 Å². The second-order valence-corrected chi connectivity index (χ2v) is 7.53. The Labute approximate surface area is 172 Å². The molecule has 1 aromatic heterocycles. The van der Waals surface area contributed by atoms with Crippen molar-refractivity contribution in [2.45, 2.75) is 18.8 Å². The van der Waals surface area contributed by atoms with E-state index < -0.39 is 5.82 Å². The standard InChI is InChI=1S/C21H20ClFN4O2/c1-25-21(29)27(16-5-3-2-4-6-16)19(24-25)14-9-11-26(12-10-14)20(28)17-8-7-15(23)13-18(17)22/h2-8,13-14H,9-12H2,1H3. The van der Waals surface area contributed by atoms with Gasteiger partial charge in [0.25, 0.3) is 5.91 Å². The average Bonchev–Trinajstić information content (AvgIpc) is 3.03. The molecule has 2 heterocycles. The summed E-state index contributed by atoms with van der Waals surface area (Å²) in [5.41, 5.74) is 0.880. The maximum Gasteiger partial charge on any atom is 0.350 e. The van der Waals surface area contributed by atoms with Gasteiger partial charge in [-0.2, -0.15) is 5.10 Å². The van der Waals surface area contributed by atoms with Crippen LogP contribution in [-0.2, 0) is 7.05 Å². The van der Waals surface area contributed by atoms with Crippen molar-refractivity contribution in [3.05, 3.63) is 81.2 Å². The molecule has 1 saturated heterocycles. The van der Waals surface area contributed by atoms with Crippen LogP contribution in [0.1, 0.15) is 34.9 Å². The first-order valence-corrected chi connectivity index (χ1v) is 9.79. The van der Waals surface area contributed by atoms with Crippen molar-refractivity contribution in [3.8, 4) is 5.69 Å². The molecule has 0 unspecified atom stereocenters. The van der Waals surface area contributed by atoms with Crippen molar-refractivity contribution < 1.29 is 9.18 Å². The number of benzene rings is 2. The molecule has 0 saturated carbocycles. The minimum Gasteiger partial charge on any atom is -0.339 e. The number of piperidine rings is 1. The fourth-order valence-electron chi connectivity index (χ4n) is 3.74. The molecule has 0 radical (unpaired) electrons. The maximum absolute atomic E-state index is 13.3. The highest BCUT2D eigenvalue weighted by Gasteiger charge is 2.29. The van der Waals surface area contributed by atoms with Crippen molar-refractivity contribution >= 4 is 17.5 Å². The van der Waals surface area contributed by atoms with Gasteiger partial charge in [-0.25, -0.2) is 18.4 Å². The third-order valence-electron chi connectivity index (χ3n) is 5.27. The van der Waals surface area contributed by atoms with Crippen molar-refractivity contribution in [2.24, 2.45) is 7.05 Å². The average molecular weight is 415 g/mol. The number of carbonyl (C=O) groups excluding carboxylic acids is 1. The van der Waals surface area contributed by atoms with Gasteiger partial charge in [-0.1, -0.05) is 29.8 Å². The summed E-state index contributed by atoms with van der Waals surface area (Å²) in [7, 11) is 1.64. The van der Waals surface area contributed by atoms with Gasteiger partial charge in [0.15, 0.2) is 0 Å². The molecule has 29 heavy (non-hydrogen) atoms. The van der Waals surface area contributed by atoms with Crippen LogP contribution < -0.4 is 5.69 Å². The van der Waals surface area contributed by atoms with Crippen LogP contribution in [0.2, 0.25) is 5.02 Å². The highest BCUT2D eigenvalue weighted by Crippen LogP contribution is 2.29. The Morgan fingerprint density at radius 3 is 2.48 bits per heavy atom. The molecule has 0 spiro atoms. The summed E-state index contributed by atoms with van der Waals surface area (Å²) in [6, 6.07) is 13.2. The van der Waals surface area contributed by atoms with Crippen LogP contribution in [-0.4, -0.2) is 38.2 Å². The van der Waals surface area contributed by atoms with E-state index >= 15 is 0 Å². The fraction of sp³-hybridized carbons (Fsp3) is 0.286. The van der Waals surface area contributed by atoms with Crippen LogP contribution in [0, 0.1) is 5.82 Å². The Kier molecular flexibility index (Phi) is 5.24. The first kappa shape index (κ1) is 19.4. The number of halogens is 2. The van der Waals surface area contributed by atoms with Crippen LogP contribution in [0.15, 0.2) is 53.3 Å². The Morgan fingerprint density at radius 1 is 1.14 bits per heavy atom. The maximum atomic E-state index is 13.3. The highest BCUT2D eigenvalue weighted by atomic mass is 35.5. The molecule has 1 amide bonds. The number of aryl methyl sites for hydroxylation is 1. The smallest absolute Gasteiger partial charge is 0.339 e. The van der Waals surface area contributed by atoms with E-state index in [4.69, 9.17) is 11.6 Å². The third kappa shape index (κ3) is 3.70. The van der Waals surface area contributed by atoms with Crippen molar-refractivity contribution in [1.29, 1.82) is 0 Å². The molecule has 0 N–H and O–H groups in total. The van der Waals surface area contributed by atoms with Crippen molar-refractivity contribution in [2.75, 3.05) is 13.1 Å². The minimum atomic E-state index is -0.473. The monoisotopic (exact) mass is 414 g/mol. The predicted molar refractivity (Wildman–Crippen MR) is 108 cm³/mol. The lowest BCUT2D eigenvalue weighted by Gasteiger charge is -2.31. The Bertz CT molecular complexity index is 1100. The first-order chi connectivity index (χ1) is 14.0. The number of para-hydroxylation sites is 1. The molecule has 1 aliphatic heterocycles. The number of likely N-dealkylation sites (tertiary alicyclic amines) is 1. The molecular formula is C21H20ClFN4O2. The molecule has 1 aliphatic rings. The van der Waals surface area contributed by atoms with E-state index in [1.165, 1.54) is 16.8 Å². The number of rotatable bonds is 3. The summed E-state index contributed by atoms with van der Waals surface area (Å²) in [5, 5.41) is 4.57. The molecule has 1 fully saturated rings. The van der Waals surface area contributed by atoms with E-state index in [0.29, 0.717) is 37.3 Å². The first-order valence-electron chi connectivity index (χ1n) is 9.41. The third-order valence-corrected chi connectivity index (χ3v) is 5.59. The summed E-state index contributed by atoms with van der Waals surface area (Å²) in [6.45, 7) is 1.02. The topological polar surface area (TPSA) is 60.1 Å². The summed E-state index contributed by atoms with van der Waals surface area (Å²) in [4.78, 5) is 27.1. The molecule has 0 atom stereocenters. The molecule has 3 aromatic rings. The number of hydrogen-bond donors (Lipinski definition) is 0. The molecule has 8 heteroatoms. The highest BCUT2D eigenvalue weighted by molar-refractivity contribution is 6.33. The van der Waals surface area contributed by atoms with Crippen molar-refractivity contribution in [3.63, 3.8) is 0 Å². The van der Waals surface area contributed by atoms with Gasteiger partial charge in [-0.15, -0.1) is 0 Å². The quantitative estimate of drug-likeness (QED) is 0.660. The largest absolute Gasteiger partial charge is 0.350 e. The number of amides is 1. The summed E-state index contributed by atoms with van der Waals surface area (Å²) in [6.07, 6.45) is 1.35. The Balaban J connectivity index is 1.54. The van der Waals surface area contributed by atoms with Crippen LogP contribution in [0.3, 0.4) is 0 Å². The van der Waals surface area contributed by atoms with Crippen LogP contribution in [0.5, 0.6) is 0 Å². The lowest BCUT2D eigenvalue weighted by molar-refractivity contribution is 0.0710. The Hall–Kier alpha value is -2.93. The van der Waals surface area contributed by atoms with Gasteiger partial charge in [0.1, 0.15) is 11.6 Å². The second kappa shape index (κ2) is 7.83. The molecule has 0 bridgehead atoms. The van der Waals surface area contributed by atoms with Gasteiger partial charge < -0.3 is 4.90 Å². The van der Waals surface area contributed by atoms with E-state index in [0.717, 1.165) is 11.8 Å². The van der Waals surface area contributed by atoms with Gasteiger partial charge in [0.05, 0.1) is 16.3 Å². The molecule has 2 aromatic carbocycles. The molecule has 4 rings (SSSR count). The number of hydrogen-bond acceptors (Lipinski definition) is 3.